The number of hydrogen-bond acceptors (Lipinski definition) is 4. The van der Waals surface area contributed by atoms with E-state index >= 15 is 0 Å². The highest BCUT2D eigenvalue weighted by Crippen LogP contribution is 2.22. The van der Waals surface area contributed by atoms with Crippen LogP contribution in [0.15, 0.2) is 23.1 Å². The number of thioether (sulfide) groups is 1. The minimum Gasteiger partial charge on any atom is -0.393 e. The van der Waals surface area contributed by atoms with E-state index in [1.165, 1.54) is 18.7 Å². The summed E-state index contributed by atoms with van der Waals surface area (Å²) in [6, 6.07) is 5.18. The van der Waals surface area contributed by atoms with Gasteiger partial charge in [-0.25, -0.2) is 0 Å². The summed E-state index contributed by atoms with van der Waals surface area (Å²) in [6.07, 6.45) is 1.90. The van der Waals surface area contributed by atoms with Gasteiger partial charge in [-0.15, -0.1) is 11.8 Å². The Morgan fingerprint density at radius 3 is 2.78 bits per heavy atom. The van der Waals surface area contributed by atoms with Crippen LogP contribution < -0.4 is 5.32 Å². The fraction of sp³-hybridized carbons (Fsp3) is 0.417. The molecule has 0 fully saturated rings. The van der Waals surface area contributed by atoms with Crippen LogP contribution in [0.1, 0.15) is 17.3 Å². The van der Waals surface area contributed by atoms with Gasteiger partial charge in [0, 0.05) is 11.4 Å². The van der Waals surface area contributed by atoms with Crippen LogP contribution in [0.25, 0.3) is 0 Å². The van der Waals surface area contributed by atoms with Crippen LogP contribution in [0.2, 0.25) is 5.02 Å². The molecule has 1 unspecified atom stereocenters. The summed E-state index contributed by atoms with van der Waals surface area (Å²) in [7, 11) is 0. The highest BCUT2D eigenvalue weighted by atomic mass is 35.5. The topological polar surface area (TPSA) is 69.6 Å². The minimum atomic E-state index is -1.33. The molecule has 0 bridgehead atoms. The molecule has 0 saturated carbocycles. The molecule has 0 heterocycles. The van der Waals surface area contributed by atoms with Gasteiger partial charge in [-0.1, -0.05) is 11.6 Å². The summed E-state index contributed by atoms with van der Waals surface area (Å²) in [6.45, 7) is 0.973. The van der Waals surface area contributed by atoms with Crippen molar-refractivity contribution in [1.82, 2.24) is 5.32 Å². The average molecular weight is 290 g/mol. The third-order valence-electron chi connectivity index (χ3n) is 2.39. The zero-order valence-electron chi connectivity index (χ0n) is 10.2. The standard InChI is InChI=1S/C12H16ClNO3S/c1-12(17,7-15)6-14-11(16)9-5-8(18-2)3-4-10(9)13/h3-5,15,17H,6-7H2,1-2H3,(H,14,16). The van der Waals surface area contributed by atoms with Crippen LogP contribution in [0, 0.1) is 0 Å². The van der Waals surface area contributed by atoms with Crippen molar-refractivity contribution in [2.45, 2.75) is 17.4 Å². The predicted octanol–water partition coefficient (Wildman–Crippen LogP) is 1.53. The Morgan fingerprint density at radius 1 is 1.56 bits per heavy atom. The molecule has 0 aromatic heterocycles. The lowest BCUT2D eigenvalue weighted by atomic mass is 10.1. The van der Waals surface area contributed by atoms with Crippen molar-refractivity contribution < 1.29 is 15.0 Å². The second-order valence-electron chi connectivity index (χ2n) is 4.18. The normalized spacial score (nSPS) is 14.1. The highest BCUT2D eigenvalue weighted by molar-refractivity contribution is 7.98. The molecule has 0 aliphatic rings. The van der Waals surface area contributed by atoms with Crippen LogP contribution in [0.3, 0.4) is 0 Å². The van der Waals surface area contributed by atoms with Gasteiger partial charge in [0.1, 0.15) is 5.60 Å². The van der Waals surface area contributed by atoms with Crippen molar-refractivity contribution in [1.29, 1.82) is 0 Å². The monoisotopic (exact) mass is 289 g/mol. The fourth-order valence-electron chi connectivity index (χ4n) is 1.23. The number of carbonyl (C=O) groups excluding carboxylic acids is 1. The third-order valence-corrected chi connectivity index (χ3v) is 3.44. The molecule has 0 aliphatic heterocycles. The van der Waals surface area contributed by atoms with Gasteiger partial charge in [-0.2, -0.15) is 0 Å². The molecule has 0 saturated heterocycles. The summed E-state index contributed by atoms with van der Waals surface area (Å²) < 4.78 is 0. The summed E-state index contributed by atoms with van der Waals surface area (Å²) in [5.41, 5.74) is -0.976. The Hall–Kier alpha value is -0.750. The quantitative estimate of drug-likeness (QED) is 0.719. The first-order chi connectivity index (χ1) is 8.39. The summed E-state index contributed by atoms with van der Waals surface area (Å²) in [5.74, 6) is -0.371. The Bertz CT molecular complexity index is 437. The molecule has 0 radical (unpaired) electrons. The Labute approximate surface area is 115 Å². The largest absolute Gasteiger partial charge is 0.393 e. The van der Waals surface area contributed by atoms with Crippen molar-refractivity contribution in [3.8, 4) is 0 Å². The van der Waals surface area contributed by atoms with Crippen molar-refractivity contribution in [2.24, 2.45) is 0 Å². The number of carbonyl (C=O) groups is 1. The van der Waals surface area contributed by atoms with Crippen molar-refractivity contribution in [3.05, 3.63) is 28.8 Å². The maximum Gasteiger partial charge on any atom is 0.252 e. The number of halogens is 1. The molecule has 1 amide bonds. The lowest BCUT2D eigenvalue weighted by Crippen LogP contribution is -2.43. The van der Waals surface area contributed by atoms with Gasteiger partial charge in [0.15, 0.2) is 0 Å². The number of nitrogens with one attached hydrogen (secondary N) is 1. The fourth-order valence-corrected chi connectivity index (χ4v) is 1.87. The van der Waals surface area contributed by atoms with Gasteiger partial charge in [-0.3, -0.25) is 4.79 Å². The molecule has 18 heavy (non-hydrogen) atoms. The van der Waals surface area contributed by atoms with Gasteiger partial charge >= 0.3 is 0 Å². The van der Waals surface area contributed by atoms with E-state index in [1.807, 2.05) is 12.3 Å². The summed E-state index contributed by atoms with van der Waals surface area (Å²) >= 11 is 7.46. The Kier molecular flexibility index (Phi) is 5.47. The molecular weight excluding hydrogens is 274 g/mol. The number of amides is 1. The second-order valence-corrected chi connectivity index (χ2v) is 5.47. The van der Waals surface area contributed by atoms with E-state index in [2.05, 4.69) is 5.32 Å². The van der Waals surface area contributed by atoms with Crippen LogP contribution in [-0.2, 0) is 0 Å². The molecular formula is C12H16ClNO3S. The number of rotatable bonds is 5. The number of benzene rings is 1. The zero-order valence-corrected chi connectivity index (χ0v) is 11.8. The third kappa shape index (κ3) is 4.17. The van der Waals surface area contributed by atoms with E-state index in [9.17, 15) is 9.90 Å². The first-order valence-electron chi connectivity index (χ1n) is 5.34. The molecule has 0 spiro atoms. The molecule has 100 valence electrons. The minimum absolute atomic E-state index is 0.0395. The lowest BCUT2D eigenvalue weighted by Gasteiger charge is -2.20. The number of hydrogen-bond donors (Lipinski definition) is 3. The molecule has 6 heteroatoms. The van der Waals surface area contributed by atoms with Gasteiger partial charge in [-0.05, 0) is 31.4 Å². The smallest absolute Gasteiger partial charge is 0.252 e. The maximum atomic E-state index is 11.9. The van der Waals surface area contributed by atoms with E-state index in [1.54, 1.807) is 12.1 Å². The SMILES string of the molecule is CSc1ccc(Cl)c(C(=O)NCC(C)(O)CO)c1. The summed E-state index contributed by atoms with van der Waals surface area (Å²) in [5, 5.41) is 21.4. The van der Waals surface area contributed by atoms with Crippen molar-refractivity contribution in [3.63, 3.8) is 0 Å². The van der Waals surface area contributed by atoms with Gasteiger partial charge in [0.25, 0.3) is 5.91 Å². The molecule has 3 N–H and O–H groups in total. The molecule has 1 rings (SSSR count). The van der Waals surface area contributed by atoms with Crippen LogP contribution in [0.4, 0.5) is 0 Å². The van der Waals surface area contributed by atoms with Crippen LogP contribution >= 0.6 is 23.4 Å². The van der Waals surface area contributed by atoms with E-state index in [4.69, 9.17) is 16.7 Å². The number of aliphatic hydroxyl groups excluding tert-OH is 1. The maximum absolute atomic E-state index is 11.9. The van der Waals surface area contributed by atoms with E-state index in [-0.39, 0.29) is 12.5 Å². The van der Waals surface area contributed by atoms with E-state index < -0.39 is 12.2 Å². The molecule has 1 aromatic rings. The van der Waals surface area contributed by atoms with Crippen molar-refractivity contribution >= 4 is 29.3 Å². The predicted molar refractivity (Wildman–Crippen MR) is 73.3 cm³/mol. The van der Waals surface area contributed by atoms with Gasteiger partial charge in [0.05, 0.1) is 17.2 Å². The first kappa shape index (κ1) is 15.3. The first-order valence-corrected chi connectivity index (χ1v) is 6.95. The highest BCUT2D eigenvalue weighted by Gasteiger charge is 2.21. The Morgan fingerprint density at radius 2 is 2.22 bits per heavy atom. The van der Waals surface area contributed by atoms with Crippen molar-refractivity contribution in [2.75, 3.05) is 19.4 Å². The average Bonchev–Trinajstić information content (AvgIpc) is 2.36. The van der Waals surface area contributed by atoms with E-state index in [0.717, 1.165) is 4.90 Å². The van der Waals surface area contributed by atoms with Crippen LogP contribution in [-0.4, -0.2) is 41.1 Å². The van der Waals surface area contributed by atoms with E-state index in [0.29, 0.717) is 10.6 Å². The lowest BCUT2D eigenvalue weighted by molar-refractivity contribution is 0.00320. The van der Waals surface area contributed by atoms with Crippen LogP contribution in [0.5, 0.6) is 0 Å². The zero-order chi connectivity index (χ0) is 13.8. The second kappa shape index (κ2) is 6.43. The molecule has 1 atom stereocenters. The van der Waals surface area contributed by atoms with Gasteiger partial charge in [0.2, 0.25) is 0 Å². The van der Waals surface area contributed by atoms with Gasteiger partial charge < -0.3 is 15.5 Å². The Balaban J connectivity index is 2.78. The summed E-state index contributed by atoms with van der Waals surface area (Å²) in [4.78, 5) is 12.8. The molecule has 1 aromatic carbocycles. The number of aliphatic hydroxyl groups is 2. The molecule has 4 nitrogen and oxygen atoms in total. The molecule has 0 aliphatic carbocycles.